The average Bonchev–Trinajstić information content (AvgIpc) is 2.64. The molecule has 0 bridgehead atoms. The molecule has 0 saturated carbocycles. The van der Waals surface area contributed by atoms with Gasteiger partial charge in [0.2, 0.25) is 5.95 Å². The Bertz CT molecular complexity index is 486. The molecule has 2 aromatic rings. The van der Waals surface area contributed by atoms with E-state index in [4.69, 9.17) is 0 Å². The predicted molar refractivity (Wildman–Crippen MR) is 66.9 cm³/mol. The Balaban J connectivity index is 1.87. The number of hydrogen-bond acceptors (Lipinski definition) is 4. The van der Waals surface area contributed by atoms with Crippen LogP contribution in [0.4, 0.5) is 5.95 Å². The molecule has 2 heterocycles. The highest BCUT2D eigenvalue weighted by atomic mass is 15.3. The molecule has 0 unspecified atom stereocenters. The largest absolute Gasteiger partial charge is 0.354 e. The van der Waals surface area contributed by atoms with Crippen molar-refractivity contribution < 1.29 is 0 Å². The molecular formula is C12H17N5. The topological polar surface area (TPSA) is 55.6 Å². The summed E-state index contributed by atoms with van der Waals surface area (Å²) >= 11 is 0. The lowest BCUT2D eigenvalue weighted by atomic mass is 10.2. The molecule has 2 rings (SSSR count). The Morgan fingerprint density at radius 1 is 1.18 bits per heavy atom. The van der Waals surface area contributed by atoms with Gasteiger partial charge in [-0.1, -0.05) is 0 Å². The second kappa shape index (κ2) is 4.95. The van der Waals surface area contributed by atoms with Gasteiger partial charge in [0.1, 0.15) is 0 Å². The summed E-state index contributed by atoms with van der Waals surface area (Å²) in [6.07, 6.45) is 6.46. The van der Waals surface area contributed by atoms with E-state index in [1.165, 1.54) is 11.3 Å². The number of rotatable bonds is 4. The minimum atomic E-state index is 0.678. The predicted octanol–water partition coefficient (Wildman–Crippen LogP) is 1.48. The van der Waals surface area contributed by atoms with Crippen LogP contribution in [0.25, 0.3) is 0 Å². The average molecular weight is 231 g/mol. The van der Waals surface area contributed by atoms with E-state index in [1.54, 1.807) is 0 Å². The van der Waals surface area contributed by atoms with E-state index in [-0.39, 0.29) is 0 Å². The lowest BCUT2D eigenvalue weighted by molar-refractivity contribution is 0.737. The monoisotopic (exact) mass is 231 g/mol. The SMILES string of the molecule is Cc1cnc(NCCc2cnn(C)c2C)nc1. The van der Waals surface area contributed by atoms with Crippen molar-refractivity contribution >= 4 is 5.95 Å². The Labute approximate surface area is 101 Å². The molecule has 5 nitrogen and oxygen atoms in total. The van der Waals surface area contributed by atoms with Gasteiger partial charge in [-0.25, -0.2) is 9.97 Å². The van der Waals surface area contributed by atoms with Crippen molar-refractivity contribution in [3.63, 3.8) is 0 Å². The van der Waals surface area contributed by atoms with Gasteiger partial charge in [0.05, 0.1) is 6.20 Å². The molecule has 0 saturated heterocycles. The maximum Gasteiger partial charge on any atom is 0.222 e. The van der Waals surface area contributed by atoms with Crippen molar-refractivity contribution in [1.29, 1.82) is 0 Å². The van der Waals surface area contributed by atoms with E-state index in [2.05, 4.69) is 27.3 Å². The highest BCUT2D eigenvalue weighted by molar-refractivity contribution is 5.25. The molecule has 1 N–H and O–H groups in total. The molecule has 0 spiro atoms. The van der Waals surface area contributed by atoms with E-state index < -0.39 is 0 Å². The van der Waals surface area contributed by atoms with Gasteiger partial charge < -0.3 is 5.32 Å². The Morgan fingerprint density at radius 2 is 1.88 bits per heavy atom. The van der Waals surface area contributed by atoms with Gasteiger partial charge in [0.25, 0.3) is 0 Å². The third-order valence-corrected chi connectivity index (χ3v) is 2.80. The molecule has 2 aromatic heterocycles. The molecule has 17 heavy (non-hydrogen) atoms. The van der Waals surface area contributed by atoms with Crippen LogP contribution in [0, 0.1) is 13.8 Å². The first kappa shape index (κ1) is 11.6. The highest BCUT2D eigenvalue weighted by Crippen LogP contribution is 2.06. The number of nitrogens with one attached hydrogen (secondary N) is 1. The van der Waals surface area contributed by atoms with Crippen molar-refractivity contribution in [2.75, 3.05) is 11.9 Å². The van der Waals surface area contributed by atoms with Gasteiger partial charge in [-0.3, -0.25) is 4.68 Å². The molecular weight excluding hydrogens is 214 g/mol. The zero-order chi connectivity index (χ0) is 12.3. The summed E-state index contributed by atoms with van der Waals surface area (Å²) in [5.41, 5.74) is 3.53. The van der Waals surface area contributed by atoms with Crippen LogP contribution in [0.1, 0.15) is 16.8 Å². The van der Waals surface area contributed by atoms with Gasteiger partial charge in [-0.2, -0.15) is 5.10 Å². The molecule has 0 radical (unpaired) electrons. The lowest BCUT2D eigenvalue weighted by Crippen LogP contribution is -2.08. The lowest BCUT2D eigenvalue weighted by Gasteiger charge is -2.04. The summed E-state index contributed by atoms with van der Waals surface area (Å²) < 4.78 is 1.89. The van der Waals surface area contributed by atoms with Gasteiger partial charge in [0.15, 0.2) is 0 Å². The molecule has 0 aliphatic heterocycles. The fourth-order valence-electron chi connectivity index (χ4n) is 1.58. The Hall–Kier alpha value is -1.91. The van der Waals surface area contributed by atoms with Crippen LogP contribution in [0.3, 0.4) is 0 Å². The summed E-state index contributed by atoms with van der Waals surface area (Å²) in [5.74, 6) is 0.678. The first-order valence-corrected chi connectivity index (χ1v) is 5.67. The zero-order valence-electron chi connectivity index (χ0n) is 10.4. The first-order chi connectivity index (χ1) is 8.16. The smallest absolute Gasteiger partial charge is 0.222 e. The van der Waals surface area contributed by atoms with Crippen LogP contribution >= 0.6 is 0 Å². The zero-order valence-corrected chi connectivity index (χ0v) is 10.4. The standard InChI is InChI=1S/C12H17N5/c1-9-6-14-12(15-7-9)13-5-4-11-8-16-17(3)10(11)2/h6-8H,4-5H2,1-3H3,(H,13,14,15). The quantitative estimate of drug-likeness (QED) is 0.866. The molecule has 0 fully saturated rings. The van der Waals surface area contributed by atoms with Crippen molar-refractivity contribution in [3.05, 3.63) is 35.4 Å². The second-order valence-corrected chi connectivity index (χ2v) is 4.14. The van der Waals surface area contributed by atoms with Crippen molar-refractivity contribution in [2.45, 2.75) is 20.3 Å². The van der Waals surface area contributed by atoms with Gasteiger partial charge in [-0.05, 0) is 31.4 Å². The van der Waals surface area contributed by atoms with Crippen molar-refractivity contribution in [1.82, 2.24) is 19.7 Å². The number of hydrogen-bond donors (Lipinski definition) is 1. The Morgan fingerprint density at radius 3 is 2.47 bits per heavy atom. The molecule has 0 atom stereocenters. The van der Waals surface area contributed by atoms with Crippen molar-refractivity contribution in [2.24, 2.45) is 7.05 Å². The number of anilines is 1. The maximum absolute atomic E-state index is 4.21. The van der Waals surface area contributed by atoms with Crippen LogP contribution < -0.4 is 5.32 Å². The summed E-state index contributed by atoms with van der Waals surface area (Å²) in [7, 11) is 1.95. The van der Waals surface area contributed by atoms with E-state index in [9.17, 15) is 0 Å². The third kappa shape index (κ3) is 2.81. The highest BCUT2D eigenvalue weighted by Gasteiger charge is 2.03. The van der Waals surface area contributed by atoms with Gasteiger partial charge in [0, 0.05) is 31.7 Å². The number of aryl methyl sites for hydroxylation is 2. The summed E-state index contributed by atoms with van der Waals surface area (Å²) in [6, 6.07) is 0. The minimum Gasteiger partial charge on any atom is -0.354 e. The Kier molecular flexibility index (Phi) is 3.37. The molecule has 5 heteroatoms. The van der Waals surface area contributed by atoms with E-state index in [1.807, 2.05) is 37.2 Å². The number of aromatic nitrogens is 4. The second-order valence-electron chi connectivity index (χ2n) is 4.14. The fourth-order valence-corrected chi connectivity index (χ4v) is 1.58. The van der Waals surface area contributed by atoms with E-state index in [0.717, 1.165) is 18.5 Å². The van der Waals surface area contributed by atoms with E-state index in [0.29, 0.717) is 5.95 Å². The number of nitrogens with zero attached hydrogens (tertiary/aromatic N) is 4. The third-order valence-electron chi connectivity index (χ3n) is 2.80. The molecule has 0 aliphatic rings. The van der Waals surface area contributed by atoms with Gasteiger partial charge in [-0.15, -0.1) is 0 Å². The van der Waals surface area contributed by atoms with Crippen LogP contribution in [0.2, 0.25) is 0 Å². The molecule has 0 aliphatic carbocycles. The van der Waals surface area contributed by atoms with E-state index >= 15 is 0 Å². The summed E-state index contributed by atoms with van der Waals surface area (Å²) in [5, 5.41) is 7.41. The van der Waals surface area contributed by atoms with Crippen molar-refractivity contribution in [3.8, 4) is 0 Å². The van der Waals surface area contributed by atoms with Crippen LogP contribution in [-0.2, 0) is 13.5 Å². The molecule has 0 aromatic carbocycles. The minimum absolute atomic E-state index is 0.678. The normalized spacial score (nSPS) is 10.5. The van der Waals surface area contributed by atoms with Crippen LogP contribution in [0.5, 0.6) is 0 Å². The first-order valence-electron chi connectivity index (χ1n) is 5.67. The van der Waals surface area contributed by atoms with Crippen LogP contribution in [0.15, 0.2) is 18.6 Å². The summed E-state index contributed by atoms with van der Waals surface area (Å²) in [6.45, 7) is 4.86. The molecule has 0 amide bonds. The molecule has 90 valence electrons. The van der Waals surface area contributed by atoms with Gasteiger partial charge >= 0.3 is 0 Å². The maximum atomic E-state index is 4.21. The van der Waals surface area contributed by atoms with Crippen LogP contribution in [-0.4, -0.2) is 26.3 Å². The summed E-state index contributed by atoms with van der Waals surface area (Å²) in [4.78, 5) is 8.39. The fraction of sp³-hybridized carbons (Fsp3) is 0.417.